The predicted octanol–water partition coefficient (Wildman–Crippen LogP) is 5.17. The van der Waals surface area contributed by atoms with Crippen molar-refractivity contribution >= 4 is 18.0 Å². The van der Waals surface area contributed by atoms with Gasteiger partial charge in [0.25, 0.3) is 0 Å². The second-order valence-electron chi connectivity index (χ2n) is 10.8. The van der Waals surface area contributed by atoms with Crippen molar-refractivity contribution in [2.45, 2.75) is 63.3 Å². The highest BCUT2D eigenvalue weighted by Gasteiger charge is 2.42. The average molecular weight is 500 g/mol. The summed E-state index contributed by atoms with van der Waals surface area (Å²) in [4.78, 5) is 31.1. The number of carbonyl (C=O) groups is 2. The molecule has 4 N–H and O–H groups in total. The number of benzene rings is 2. The summed E-state index contributed by atoms with van der Waals surface area (Å²) < 4.78 is 5.53. The minimum absolute atomic E-state index is 0.0887. The molecule has 1 fully saturated rings. The second-order valence-corrected chi connectivity index (χ2v) is 10.8. The smallest absolute Gasteiger partial charge is 0.408 e. The minimum atomic E-state index is -0.608. The number of ether oxygens (including phenoxy) is 1. The van der Waals surface area contributed by atoms with Crippen LogP contribution in [0, 0.1) is 0 Å². The number of amidine groups is 1. The Morgan fingerprint density at radius 1 is 1.03 bits per heavy atom. The predicted molar refractivity (Wildman–Crippen MR) is 142 cm³/mol. The lowest BCUT2D eigenvalue weighted by Crippen LogP contribution is -2.52. The molecular formula is C29H33N5O3. The molecule has 8 nitrogen and oxygen atoms in total. The molecule has 1 aliphatic carbocycles. The molecule has 2 aromatic carbocycles. The van der Waals surface area contributed by atoms with Crippen LogP contribution in [0.4, 0.5) is 9.59 Å². The maximum absolute atomic E-state index is 12.6. The lowest BCUT2D eigenvalue weighted by molar-refractivity contribution is 0.0377. The topological polar surface area (TPSA) is 109 Å². The van der Waals surface area contributed by atoms with Gasteiger partial charge < -0.3 is 26.0 Å². The molecule has 2 heterocycles. The highest BCUT2D eigenvalue weighted by molar-refractivity contribution is 5.97. The molecule has 0 saturated heterocycles. The van der Waals surface area contributed by atoms with Gasteiger partial charge in [0.2, 0.25) is 0 Å². The molecule has 2 aromatic rings. The summed E-state index contributed by atoms with van der Waals surface area (Å²) in [6, 6.07) is 17.7. The molecular weight excluding hydrogens is 466 g/mol. The molecule has 0 bridgehead atoms. The molecule has 2 unspecified atom stereocenters. The first-order valence-electron chi connectivity index (χ1n) is 12.6. The van der Waals surface area contributed by atoms with Crippen molar-refractivity contribution in [1.82, 2.24) is 15.5 Å². The van der Waals surface area contributed by atoms with Crippen LogP contribution >= 0.6 is 0 Å². The van der Waals surface area contributed by atoms with Crippen molar-refractivity contribution < 1.29 is 14.3 Å². The highest BCUT2D eigenvalue weighted by atomic mass is 16.6. The fourth-order valence-electron chi connectivity index (χ4n) is 5.19. The van der Waals surface area contributed by atoms with Gasteiger partial charge >= 0.3 is 12.1 Å². The van der Waals surface area contributed by atoms with E-state index in [1.807, 2.05) is 51.2 Å². The summed E-state index contributed by atoms with van der Waals surface area (Å²) in [6.45, 7) is 5.60. The number of alkyl carbamates (subject to hydrolysis) is 1. The van der Waals surface area contributed by atoms with Crippen LogP contribution in [0.15, 0.2) is 83.6 Å². The monoisotopic (exact) mass is 499 g/mol. The molecule has 8 heteroatoms. The number of aliphatic imine (C=N–C) groups is 1. The van der Waals surface area contributed by atoms with Gasteiger partial charge in [-0.05, 0) is 68.9 Å². The van der Waals surface area contributed by atoms with Gasteiger partial charge in [-0.15, -0.1) is 0 Å². The third kappa shape index (κ3) is 5.09. The van der Waals surface area contributed by atoms with Crippen molar-refractivity contribution in [1.29, 1.82) is 0 Å². The number of allylic oxidation sites excluding steroid dienone is 1. The van der Waals surface area contributed by atoms with Gasteiger partial charge in [0.1, 0.15) is 17.5 Å². The Labute approximate surface area is 217 Å². The van der Waals surface area contributed by atoms with Crippen LogP contribution < -0.4 is 16.4 Å². The zero-order valence-electron chi connectivity index (χ0n) is 21.4. The van der Waals surface area contributed by atoms with Crippen molar-refractivity contribution in [3.8, 4) is 0 Å². The van der Waals surface area contributed by atoms with E-state index >= 15 is 0 Å². The third-order valence-electron chi connectivity index (χ3n) is 6.99. The van der Waals surface area contributed by atoms with Crippen molar-refractivity contribution in [3.05, 3.63) is 95.3 Å². The normalized spacial score (nSPS) is 21.8. The Bertz CT molecular complexity index is 1270. The molecule has 2 atom stereocenters. The van der Waals surface area contributed by atoms with E-state index in [-0.39, 0.29) is 12.1 Å². The van der Waals surface area contributed by atoms with E-state index in [4.69, 9.17) is 15.5 Å². The van der Waals surface area contributed by atoms with E-state index in [0.717, 1.165) is 41.8 Å². The summed E-state index contributed by atoms with van der Waals surface area (Å²) in [5, 5.41) is 5.79. The summed E-state index contributed by atoms with van der Waals surface area (Å²) in [6.07, 6.45) is 7.99. The van der Waals surface area contributed by atoms with E-state index in [1.165, 1.54) is 0 Å². The molecule has 2 aliphatic heterocycles. The Kier molecular flexibility index (Phi) is 6.27. The third-order valence-corrected chi connectivity index (χ3v) is 6.99. The fourth-order valence-corrected chi connectivity index (χ4v) is 5.19. The van der Waals surface area contributed by atoms with E-state index in [1.54, 1.807) is 6.08 Å². The van der Waals surface area contributed by atoms with Crippen LogP contribution in [0.3, 0.4) is 0 Å². The first-order valence-corrected chi connectivity index (χ1v) is 12.6. The summed E-state index contributed by atoms with van der Waals surface area (Å²) in [5.41, 5.74) is 8.26. The largest absolute Gasteiger partial charge is 0.444 e. The van der Waals surface area contributed by atoms with E-state index in [0.29, 0.717) is 5.70 Å². The number of fused-ring (bicyclic) bond motifs is 1. The minimum Gasteiger partial charge on any atom is -0.444 e. The van der Waals surface area contributed by atoms with Crippen LogP contribution in [0.5, 0.6) is 0 Å². The zero-order chi connectivity index (χ0) is 26.2. The SMILES string of the molecule is CC(C)(C)OC(=O)NC1(c2ccc(C3N=C4C=CC(NC(N)=O)=CN4C3c3ccccc3)cc2)CCC1. The van der Waals surface area contributed by atoms with E-state index in [2.05, 4.69) is 51.9 Å². The first-order chi connectivity index (χ1) is 17.6. The van der Waals surface area contributed by atoms with Crippen LogP contribution in [0.2, 0.25) is 0 Å². The number of nitrogens with zero attached hydrogens (tertiary/aromatic N) is 2. The Morgan fingerprint density at radius 3 is 2.32 bits per heavy atom. The Hall–Kier alpha value is -4.07. The van der Waals surface area contributed by atoms with Gasteiger partial charge in [-0.1, -0.05) is 54.6 Å². The van der Waals surface area contributed by atoms with Crippen LogP contribution in [0.25, 0.3) is 0 Å². The lowest BCUT2D eigenvalue weighted by Gasteiger charge is -2.43. The molecule has 0 radical (unpaired) electrons. The van der Waals surface area contributed by atoms with Gasteiger partial charge in [0.05, 0.1) is 17.3 Å². The number of rotatable bonds is 5. The van der Waals surface area contributed by atoms with Gasteiger partial charge in [-0.25, -0.2) is 9.59 Å². The van der Waals surface area contributed by atoms with Gasteiger partial charge in [0.15, 0.2) is 0 Å². The summed E-state index contributed by atoms with van der Waals surface area (Å²) in [7, 11) is 0. The molecule has 1 saturated carbocycles. The molecule has 0 spiro atoms. The molecule has 3 amide bonds. The standard InChI is InChI=1S/C29H33N5O3/c1-28(2,3)37-27(36)33-29(16-7-17-29)21-12-10-19(11-13-21)24-25(20-8-5-4-6-9-20)34-18-22(31-26(30)35)14-15-23(34)32-24/h4-6,8-15,18,24-25H,7,16-17H2,1-3H3,(H,33,36)(H3,30,31,35). The van der Waals surface area contributed by atoms with Crippen LogP contribution in [0.1, 0.15) is 68.8 Å². The van der Waals surface area contributed by atoms with Crippen LogP contribution in [-0.2, 0) is 10.3 Å². The number of primary amides is 1. The Morgan fingerprint density at radius 2 is 1.73 bits per heavy atom. The summed E-state index contributed by atoms with van der Waals surface area (Å²) >= 11 is 0. The summed E-state index contributed by atoms with van der Waals surface area (Å²) in [5.74, 6) is 0.819. The molecule has 5 rings (SSSR count). The number of nitrogens with two attached hydrogens (primary N) is 1. The van der Waals surface area contributed by atoms with Gasteiger partial charge in [0, 0.05) is 6.20 Å². The molecule has 192 valence electrons. The number of hydrogen-bond acceptors (Lipinski definition) is 5. The van der Waals surface area contributed by atoms with E-state index < -0.39 is 23.3 Å². The number of urea groups is 1. The lowest BCUT2D eigenvalue weighted by atomic mass is 9.71. The van der Waals surface area contributed by atoms with Gasteiger partial charge in [-0.3, -0.25) is 4.99 Å². The van der Waals surface area contributed by atoms with Gasteiger partial charge in [-0.2, -0.15) is 0 Å². The number of nitrogens with one attached hydrogen (secondary N) is 2. The quantitative estimate of drug-likeness (QED) is 0.527. The zero-order valence-corrected chi connectivity index (χ0v) is 21.4. The molecule has 0 aromatic heterocycles. The first kappa shape index (κ1) is 24.6. The Balaban J connectivity index is 1.43. The molecule has 3 aliphatic rings. The highest BCUT2D eigenvalue weighted by Crippen LogP contribution is 2.45. The van der Waals surface area contributed by atoms with Crippen molar-refractivity contribution in [3.63, 3.8) is 0 Å². The van der Waals surface area contributed by atoms with Crippen molar-refractivity contribution in [2.24, 2.45) is 10.7 Å². The number of hydrogen-bond donors (Lipinski definition) is 3. The average Bonchev–Trinajstić information content (AvgIpc) is 3.19. The second kappa shape index (κ2) is 9.42. The molecule has 37 heavy (non-hydrogen) atoms. The van der Waals surface area contributed by atoms with Crippen LogP contribution in [-0.4, -0.2) is 28.5 Å². The fraction of sp³-hybridized carbons (Fsp3) is 0.345. The maximum atomic E-state index is 12.6. The van der Waals surface area contributed by atoms with E-state index in [9.17, 15) is 9.59 Å². The number of amides is 3. The maximum Gasteiger partial charge on any atom is 0.408 e. The van der Waals surface area contributed by atoms with Crippen molar-refractivity contribution in [2.75, 3.05) is 0 Å². The number of carbonyl (C=O) groups excluding carboxylic acids is 2.